The Bertz CT molecular complexity index is 5380. The average Bonchev–Trinajstić information content (AvgIpc) is 1.51. The number of rotatable bonds is 10. The molecule has 4 aliphatic rings. The zero-order chi connectivity index (χ0) is 56.7. The molecule has 0 spiro atoms. The van der Waals surface area contributed by atoms with Gasteiger partial charge < -0.3 is 27.6 Å². The van der Waals surface area contributed by atoms with Crippen molar-refractivity contribution in [2.75, 3.05) is 9.80 Å². The van der Waals surface area contributed by atoms with Crippen LogP contribution in [0.1, 0.15) is 58.8 Å². The summed E-state index contributed by atoms with van der Waals surface area (Å²) in [6, 6.07) is 67.7. The van der Waals surface area contributed by atoms with E-state index in [9.17, 15) is 0 Å². The Morgan fingerprint density at radius 1 is 0.581 bits per heavy atom. The highest BCUT2D eigenvalue weighted by Crippen LogP contribution is 2.58. The molecule has 0 amide bonds. The second-order valence-corrected chi connectivity index (χ2v) is 23.8. The summed E-state index contributed by atoms with van der Waals surface area (Å²) in [5.74, 6) is 1.10. The minimum atomic E-state index is 0.116. The maximum Gasteiger partial charge on any atom is 0.155 e. The van der Waals surface area contributed by atoms with Crippen molar-refractivity contribution in [3.8, 4) is 22.3 Å². The van der Waals surface area contributed by atoms with Crippen LogP contribution in [0.5, 0.6) is 0 Å². The number of hydrogen-bond donors (Lipinski definition) is 0. The molecule has 5 aromatic heterocycles. The summed E-state index contributed by atoms with van der Waals surface area (Å²) >= 11 is 0. The molecule has 14 aromatic rings. The Kier molecular flexibility index (Phi) is 10.8. The van der Waals surface area contributed by atoms with Crippen molar-refractivity contribution >= 4 is 111 Å². The topological polar surface area (TPSA) is 42.1 Å². The number of fused-ring (bicyclic) bond motifs is 16. The second kappa shape index (κ2) is 19.0. The van der Waals surface area contributed by atoms with Crippen molar-refractivity contribution in [2.24, 2.45) is 0 Å². The van der Waals surface area contributed by atoms with Crippen LogP contribution < -0.4 is 9.80 Å². The number of aromatic nitrogens is 2. The summed E-state index contributed by atoms with van der Waals surface area (Å²) in [7, 11) is 0. The molecule has 6 nitrogen and oxygen atoms in total. The van der Waals surface area contributed by atoms with Gasteiger partial charge in [0.25, 0.3) is 0 Å². The van der Waals surface area contributed by atoms with E-state index in [0.29, 0.717) is 0 Å². The molecular weight excluding hydrogens is 1050 g/mol. The van der Waals surface area contributed by atoms with Gasteiger partial charge in [-0.25, -0.2) is 0 Å². The Morgan fingerprint density at radius 2 is 1.28 bits per heavy atom. The van der Waals surface area contributed by atoms with Crippen LogP contribution in [0.15, 0.2) is 264 Å². The van der Waals surface area contributed by atoms with Gasteiger partial charge in [0.15, 0.2) is 5.76 Å². The van der Waals surface area contributed by atoms with E-state index in [1.54, 1.807) is 0 Å². The molecule has 9 aromatic carbocycles. The van der Waals surface area contributed by atoms with E-state index in [-0.39, 0.29) is 12.0 Å². The molecule has 0 saturated heterocycles. The quantitative estimate of drug-likeness (QED) is 0.128. The molecule has 410 valence electrons. The molecule has 2 unspecified atom stereocenters. The van der Waals surface area contributed by atoms with E-state index in [4.69, 9.17) is 8.83 Å². The highest BCUT2D eigenvalue weighted by molar-refractivity contribution is 6.36. The van der Waals surface area contributed by atoms with E-state index >= 15 is 0 Å². The molecule has 6 heterocycles. The highest BCUT2D eigenvalue weighted by Gasteiger charge is 2.40. The average molecular weight is 1110 g/mol. The monoisotopic (exact) mass is 1110 g/mol. The van der Waals surface area contributed by atoms with Crippen LogP contribution >= 0.6 is 0 Å². The molecule has 0 N–H and O–H groups in total. The predicted molar refractivity (Wildman–Crippen MR) is 359 cm³/mol. The number of allylic oxidation sites excluding steroid dienone is 9. The summed E-state index contributed by atoms with van der Waals surface area (Å²) < 4.78 is 18.3. The predicted octanol–water partition coefficient (Wildman–Crippen LogP) is 21.0. The van der Waals surface area contributed by atoms with E-state index in [0.717, 1.165) is 76.2 Å². The van der Waals surface area contributed by atoms with E-state index in [1.165, 1.54) is 116 Å². The van der Waals surface area contributed by atoms with Gasteiger partial charge in [-0.15, -0.1) is 0 Å². The summed E-state index contributed by atoms with van der Waals surface area (Å²) in [6.45, 7) is 4.26. The number of anilines is 2. The maximum absolute atomic E-state index is 6.95. The highest BCUT2D eigenvalue weighted by atomic mass is 16.3. The number of benzene rings is 9. The molecule has 1 aliphatic heterocycles. The Balaban J connectivity index is 0.856. The summed E-state index contributed by atoms with van der Waals surface area (Å²) in [6.07, 6.45) is 30.4. The van der Waals surface area contributed by atoms with Crippen LogP contribution in [-0.2, 0) is 6.42 Å². The van der Waals surface area contributed by atoms with Gasteiger partial charge in [-0.2, -0.15) is 0 Å². The van der Waals surface area contributed by atoms with Gasteiger partial charge in [0, 0.05) is 107 Å². The van der Waals surface area contributed by atoms with Crippen molar-refractivity contribution < 1.29 is 8.83 Å². The molecule has 6 heteroatoms. The van der Waals surface area contributed by atoms with E-state index < -0.39 is 0 Å². The minimum Gasteiger partial charge on any atom is -0.463 e. The number of furan rings is 2. The van der Waals surface area contributed by atoms with Crippen molar-refractivity contribution in [1.29, 1.82) is 0 Å². The second-order valence-electron chi connectivity index (χ2n) is 23.8. The van der Waals surface area contributed by atoms with Gasteiger partial charge >= 0.3 is 0 Å². The third kappa shape index (κ3) is 7.07. The van der Waals surface area contributed by atoms with E-state index in [2.05, 4.69) is 282 Å². The number of nitrogens with zero attached hydrogens (tertiary/aromatic N) is 4. The molecule has 86 heavy (non-hydrogen) atoms. The lowest BCUT2D eigenvalue weighted by Crippen LogP contribution is -2.29. The molecular formula is C80H58N4O2. The van der Waals surface area contributed by atoms with Crippen LogP contribution in [0.4, 0.5) is 11.4 Å². The molecule has 0 saturated carbocycles. The number of para-hydroxylation sites is 5. The fourth-order valence-electron chi connectivity index (χ4n) is 15.4. The maximum atomic E-state index is 6.95. The van der Waals surface area contributed by atoms with Gasteiger partial charge in [0.1, 0.15) is 11.2 Å². The molecule has 0 fully saturated rings. The standard InChI is InChI=1S/C80H58N4O2/c1-49-22-17-33-58-53(48-85-78(49)58)28-15-16-45-81(54-29-11-5-12-30-54)56-41-43-67-65(46-56)59-34-19-38-63-72-71(52-26-9-4-10-27-52)77-73(70(51-24-7-3-8-25-51)76(72)83(67)74(59)63)64-39-20-35-60-66-47-57(42-44-68(66)84(77)75(60)64)82(55-31-13-6-14-32-55)69-40-21-37-62-61-36-18-23-50(2)79(61)86-80(62)69/h3-20,22-29,31-36,38-46,48,54,66H,21,30,37,47H2,1-2H3/b28-15-,45-16+. The first kappa shape index (κ1) is 48.9. The molecule has 18 rings (SSSR count). The molecule has 0 bridgehead atoms. The third-order valence-corrected chi connectivity index (χ3v) is 19.1. The first-order chi connectivity index (χ1) is 42.6. The van der Waals surface area contributed by atoms with Crippen LogP contribution in [0.2, 0.25) is 0 Å². The smallest absolute Gasteiger partial charge is 0.155 e. The zero-order valence-corrected chi connectivity index (χ0v) is 47.8. The van der Waals surface area contributed by atoms with Crippen LogP contribution in [0.25, 0.3) is 122 Å². The van der Waals surface area contributed by atoms with Gasteiger partial charge in [0.05, 0.1) is 45.6 Å². The normalized spacial score (nSPS) is 16.6. The fourth-order valence-corrected chi connectivity index (χ4v) is 15.4. The molecule has 0 radical (unpaired) electrons. The van der Waals surface area contributed by atoms with Crippen molar-refractivity contribution in [2.45, 2.75) is 51.5 Å². The SMILES string of the molecule is Cc1cccc2c(/C=C\C=C\N(c3ccc4c(c3)c3cccc5c6c(-c7ccccc7)c7c(c(-c8ccccc8)c6n4c35)c3cccc4c3n7C3=CC=C(N(C5=CCCc6c5oc5c(C)cccc65)c5ccccc5)CC34)C3C=CC=CC3)coc12. The third-order valence-electron chi connectivity index (χ3n) is 19.1. The Hall–Kier alpha value is -10.6. The van der Waals surface area contributed by atoms with E-state index in [1.807, 2.05) is 6.26 Å². The lowest BCUT2D eigenvalue weighted by atomic mass is 9.85. The number of aryl methyl sites for hydroxylation is 3. The van der Waals surface area contributed by atoms with Crippen molar-refractivity contribution in [3.05, 3.63) is 288 Å². The number of hydrogen-bond acceptors (Lipinski definition) is 4. The van der Waals surface area contributed by atoms with Gasteiger partial charge in [0.2, 0.25) is 0 Å². The summed E-state index contributed by atoms with van der Waals surface area (Å²) in [4.78, 5) is 4.93. The van der Waals surface area contributed by atoms with Gasteiger partial charge in [-0.05, 0) is 109 Å². The van der Waals surface area contributed by atoms with Crippen LogP contribution in [0, 0.1) is 13.8 Å². The lowest BCUT2D eigenvalue weighted by molar-refractivity contribution is 0.584. The first-order valence-electron chi connectivity index (χ1n) is 30.3. The zero-order valence-electron chi connectivity index (χ0n) is 47.8. The van der Waals surface area contributed by atoms with Gasteiger partial charge in [-0.1, -0.05) is 194 Å². The largest absolute Gasteiger partial charge is 0.463 e. The van der Waals surface area contributed by atoms with Crippen LogP contribution in [-0.4, -0.2) is 15.0 Å². The first-order valence-corrected chi connectivity index (χ1v) is 30.3. The van der Waals surface area contributed by atoms with Crippen LogP contribution in [0.3, 0.4) is 0 Å². The molecule has 3 aliphatic carbocycles. The molecule has 2 atom stereocenters. The van der Waals surface area contributed by atoms with Crippen molar-refractivity contribution in [3.63, 3.8) is 0 Å². The summed E-state index contributed by atoms with van der Waals surface area (Å²) in [5.41, 5.74) is 25.1. The lowest BCUT2D eigenvalue weighted by Gasteiger charge is -2.34. The fraction of sp³-hybridized carbons (Fsp3) is 0.100. The Morgan fingerprint density at radius 3 is 2.07 bits per heavy atom. The van der Waals surface area contributed by atoms with Gasteiger partial charge in [-0.3, -0.25) is 0 Å². The summed E-state index contributed by atoms with van der Waals surface area (Å²) in [5, 5.41) is 9.92. The minimum absolute atomic E-state index is 0.116. The van der Waals surface area contributed by atoms with Crippen molar-refractivity contribution in [1.82, 2.24) is 8.97 Å². The Labute approximate surface area is 497 Å².